The number of rotatable bonds is 0. The third-order valence-electron chi connectivity index (χ3n) is 2.85. The summed E-state index contributed by atoms with van der Waals surface area (Å²) in [4.78, 5) is 2.34. The monoisotopic (exact) mass is 124 g/mol. The van der Waals surface area contributed by atoms with Gasteiger partial charge >= 0.3 is 0 Å². The molecule has 0 saturated carbocycles. The van der Waals surface area contributed by atoms with Crippen molar-refractivity contribution >= 4 is 0 Å². The van der Waals surface area contributed by atoms with Gasteiger partial charge in [-0.3, -0.25) is 4.90 Å². The van der Waals surface area contributed by atoms with Crippen molar-refractivity contribution < 1.29 is 0 Å². The molecule has 1 heteroatoms. The van der Waals surface area contributed by atoms with Gasteiger partial charge in [0.05, 0.1) is 0 Å². The summed E-state index contributed by atoms with van der Waals surface area (Å²) in [5.74, 6) is 0. The van der Waals surface area contributed by atoms with Gasteiger partial charge in [0.15, 0.2) is 0 Å². The minimum atomic E-state index is 0.851. The van der Waals surface area contributed by atoms with Crippen molar-refractivity contribution in [3.05, 3.63) is 7.05 Å². The van der Waals surface area contributed by atoms with E-state index in [0.29, 0.717) is 0 Å². The van der Waals surface area contributed by atoms with Crippen LogP contribution in [-0.4, -0.2) is 17.0 Å². The topological polar surface area (TPSA) is 3.24 Å². The predicted molar refractivity (Wildman–Crippen MR) is 37.9 cm³/mol. The highest BCUT2D eigenvalue weighted by Gasteiger charge is 2.33. The fourth-order valence-corrected chi connectivity index (χ4v) is 2.22. The van der Waals surface area contributed by atoms with E-state index in [1.54, 1.807) is 0 Å². The molecule has 0 aromatic rings. The average Bonchev–Trinajstić information content (AvgIpc) is 2.19. The van der Waals surface area contributed by atoms with Gasteiger partial charge in [-0.25, -0.2) is 0 Å². The summed E-state index contributed by atoms with van der Waals surface area (Å²) in [6.45, 7) is 0. The number of hydrogen-bond donors (Lipinski definition) is 0. The third kappa shape index (κ3) is 0.787. The number of nitrogens with zero attached hydrogens (tertiary/aromatic N) is 1. The van der Waals surface area contributed by atoms with Crippen molar-refractivity contribution in [1.29, 1.82) is 0 Å². The summed E-state index contributed by atoms with van der Waals surface area (Å²) in [5, 5.41) is 0. The highest BCUT2D eigenvalue weighted by molar-refractivity contribution is 4.91. The maximum absolute atomic E-state index is 4.06. The van der Waals surface area contributed by atoms with Gasteiger partial charge in [-0.2, -0.15) is 0 Å². The highest BCUT2D eigenvalue weighted by atomic mass is 15.2. The van der Waals surface area contributed by atoms with Crippen LogP contribution in [0.2, 0.25) is 0 Å². The molecular weight excluding hydrogens is 110 g/mol. The molecule has 0 aromatic carbocycles. The smallest absolute Gasteiger partial charge is 0.0115 e. The van der Waals surface area contributed by atoms with Crippen molar-refractivity contribution in [2.75, 3.05) is 0 Å². The molecule has 2 atom stereocenters. The van der Waals surface area contributed by atoms with Gasteiger partial charge in [0, 0.05) is 19.1 Å². The van der Waals surface area contributed by atoms with Crippen LogP contribution in [0.25, 0.3) is 0 Å². The van der Waals surface area contributed by atoms with Crippen LogP contribution in [0.5, 0.6) is 0 Å². The minimum absolute atomic E-state index is 0.851. The Balaban J connectivity index is 2.10. The zero-order valence-corrected chi connectivity index (χ0v) is 5.84. The van der Waals surface area contributed by atoms with E-state index in [1.165, 1.54) is 32.1 Å². The Bertz CT molecular complexity index is 95.1. The van der Waals surface area contributed by atoms with E-state index >= 15 is 0 Å². The molecule has 2 rings (SSSR count). The molecule has 2 aliphatic rings. The molecule has 1 nitrogen and oxygen atoms in total. The molecular formula is C8H14N. The van der Waals surface area contributed by atoms with Gasteiger partial charge in [0.25, 0.3) is 0 Å². The molecule has 0 spiro atoms. The lowest BCUT2D eigenvalue weighted by Gasteiger charge is -2.30. The zero-order valence-electron chi connectivity index (χ0n) is 5.84. The Morgan fingerprint density at radius 1 is 1.00 bits per heavy atom. The molecule has 2 fully saturated rings. The Hall–Kier alpha value is -0.0400. The van der Waals surface area contributed by atoms with Crippen molar-refractivity contribution in [2.24, 2.45) is 0 Å². The van der Waals surface area contributed by atoms with Crippen LogP contribution in [-0.2, 0) is 0 Å². The number of piperidine rings is 1. The normalized spacial score (nSPS) is 43.7. The summed E-state index contributed by atoms with van der Waals surface area (Å²) >= 11 is 0. The molecule has 2 heterocycles. The lowest BCUT2D eigenvalue weighted by Crippen LogP contribution is -2.34. The van der Waals surface area contributed by atoms with Crippen LogP contribution >= 0.6 is 0 Å². The van der Waals surface area contributed by atoms with E-state index < -0.39 is 0 Å². The molecule has 51 valence electrons. The Labute approximate surface area is 57.0 Å². The van der Waals surface area contributed by atoms with E-state index in [4.69, 9.17) is 0 Å². The van der Waals surface area contributed by atoms with E-state index in [2.05, 4.69) is 11.9 Å². The van der Waals surface area contributed by atoms with Gasteiger partial charge in [0.1, 0.15) is 0 Å². The summed E-state index contributed by atoms with van der Waals surface area (Å²) in [5.41, 5.74) is 0. The first-order chi connectivity index (χ1) is 4.38. The standard InChI is InChI=1S/C8H14N/c1-9-7-3-2-4-8(9)6-5-7/h7-8H,1-6H2. The van der Waals surface area contributed by atoms with Crippen LogP contribution in [0.15, 0.2) is 0 Å². The molecule has 2 bridgehead atoms. The van der Waals surface area contributed by atoms with Gasteiger partial charge < -0.3 is 0 Å². The average molecular weight is 124 g/mol. The molecule has 0 aliphatic carbocycles. The SMILES string of the molecule is [CH2]N1C2CCCC1CC2. The van der Waals surface area contributed by atoms with E-state index in [9.17, 15) is 0 Å². The van der Waals surface area contributed by atoms with Crippen molar-refractivity contribution in [3.63, 3.8) is 0 Å². The molecule has 0 aromatic heterocycles. The lowest BCUT2D eigenvalue weighted by atomic mass is 10.0. The van der Waals surface area contributed by atoms with Crippen LogP contribution < -0.4 is 0 Å². The largest absolute Gasteiger partial charge is 0.296 e. The highest BCUT2D eigenvalue weighted by Crippen LogP contribution is 2.34. The van der Waals surface area contributed by atoms with Crippen molar-refractivity contribution in [2.45, 2.75) is 44.2 Å². The van der Waals surface area contributed by atoms with Crippen LogP contribution in [0, 0.1) is 7.05 Å². The quantitative estimate of drug-likeness (QED) is 0.476. The summed E-state index contributed by atoms with van der Waals surface area (Å²) in [6, 6.07) is 1.70. The second-order valence-electron chi connectivity index (χ2n) is 3.33. The van der Waals surface area contributed by atoms with Gasteiger partial charge in [-0.05, 0) is 25.7 Å². The van der Waals surface area contributed by atoms with Gasteiger partial charge in [-0.1, -0.05) is 6.42 Å². The number of fused-ring (bicyclic) bond motifs is 2. The second-order valence-corrected chi connectivity index (χ2v) is 3.33. The Kier molecular flexibility index (Phi) is 1.26. The molecule has 0 amide bonds. The Morgan fingerprint density at radius 2 is 1.56 bits per heavy atom. The molecule has 0 N–H and O–H groups in total. The third-order valence-corrected chi connectivity index (χ3v) is 2.85. The van der Waals surface area contributed by atoms with Crippen LogP contribution in [0.1, 0.15) is 32.1 Å². The predicted octanol–water partition coefficient (Wildman–Crippen LogP) is 1.79. The first-order valence-corrected chi connectivity index (χ1v) is 3.97. The molecule has 2 unspecified atom stereocenters. The lowest BCUT2D eigenvalue weighted by molar-refractivity contribution is 0.203. The summed E-state index contributed by atoms with van der Waals surface area (Å²) < 4.78 is 0. The summed E-state index contributed by atoms with van der Waals surface area (Å²) in [7, 11) is 4.06. The first-order valence-electron chi connectivity index (χ1n) is 3.97. The van der Waals surface area contributed by atoms with Gasteiger partial charge in [0.2, 0.25) is 0 Å². The van der Waals surface area contributed by atoms with E-state index in [0.717, 1.165) is 12.1 Å². The maximum atomic E-state index is 4.06. The molecule has 2 saturated heterocycles. The first kappa shape index (κ1) is 5.72. The van der Waals surface area contributed by atoms with Crippen molar-refractivity contribution in [1.82, 2.24) is 4.90 Å². The minimum Gasteiger partial charge on any atom is -0.296 e. The molecule has 1 radical (unpaired) electrons. The fourth-order valence-electron chi connectivity index (χ4n) is 2.22. The van der Waals surface area contributed by atoms with E-state index in [-0.39, 0.29) is 0 Å². The molecule has 9 heavy (non-hydrogen) atoms. The Morgan fingerprint density at radius 3 is 2.00 bits per heavy atom. The van der Waals surface area contributed by atoms with Crippen molar-refractivity contribution in [3.8, 4) is 0 Å². The van der Waals surface area contributed by atoms with Gasteiger partial charge in [-0.15, -0.1) is 0 Å². The van der Waals surface area contributed by atoms with Crippen LogP contribution in [0.3, 0.4) is 0 Å². The summed E-state index contributed by atoms with van der Waals surface area (Å²) in [6.07, 6.45) is 7.07. The maximum Gasteiger partial charge on any atom is 0.0115 e. The number of hydrogen-bond acceptors (Lipinski definition) is 1. The second kappa shape index (κ2) is 1.98. The molecule has 2 aliphatic heterocycles. The van der Waals surface area contributed by atoms with E-state index in [1.807, 2.05) is 0 Å². The van der Waals surface area contributed by atoms with Crippen LogP contribution in [0.4, 0.5) is 0 Å². The zero-order chi connectivity index (χ0) is 6.27. The fraction of sp³-hybridized carbons (Fsp3) is 0.875.